The summed E-state index contributed by atoms with van der Waals surface area (Å²) in [5.74, 6) is 0.728. The van der Waals surface area contributed by atoms with Crippen LogP contribution in [0.2, 0.25) is 0 Å². The molecule has 1 aliphatic heterocycles. The van der Waals surface area contributed by atoms with E-state index < -0.39 is 0 Å². The van der Waals surface area contributed by atoms with Crippen molar-refractivity contribution in [1.82, 2.24) is 5.32 Å². The van der Waals surface area contributed by atoms with E-state index in [9.17, 15) is 4.79 Å². The molecule has 2 rings (SSSR count). The van der Waals surface area contributed by atoms with Crippen LogP contribution in [0, 0.1) is 0 Å². The van der Waals surface area contributed by atoms with Gasteiger partial charge in [0.2, 0.25) is 0 Å². The summed E-state index contributed by atoms with van der Waals surface area (Å²) in [5.41, 5.74) is 1.88. The molecule has 1 atom stereocenters. The molecule has 0 aliphatic carbocycles. The normalized spacial score (nSPS) is 19.9. The number of benzene rings is 1. The largest absolute Gasteiger partial charge is 0.498 e. The standard InChI is InChI=1S/C13H15NO2/c1-9-12(16-2)11(14-13(9)15)8-10-6-4-3-5-7-10/h3-7,11H,8H2,1-2H3,(H,14,15)/t11-/m0/s1. The molecule has 0 fully saturated rings. The van der Waals surface area contributed by atoms with Gasteiger partial charge in [0, 0.05) is 0 Å². The molecule has 0 saturated heterocycles. The first-order valence-corrected chi connectivity index (χ1v) is 5.32. The fourth-order valence-electron chi connectivity index (χ4n) is 1.99. The fraction of sp³-hybridized carbons (Fsp3) is 0.308. The zero-order valence-electron chi connectivity index (χ0n) is 9.49. The van der Waals surface area contributed by atoms with Gasteiger partial charge in [0.15, 0.2) is 0 Å². The Balaban J connectivity index is 2.16. The van der Waals surface area contributed by atoms with Crippen molar-refractivity contribution in [1.29, 1.82) is 0 Å². The van der Waals surface area contributed by atoms with Crippen molar-refractivity contribution in [2.45, 2.75) is 19.4 Å². The van der Waals surface area contributed by atoms with E-state index in [1.165, 1.54) is 5.56 Å². The number of nitrogens with one attached hydrogen (secondary N) is 1. The molecule has 0 saturated carbocycles. The van der Waals surface area contributed by atoms with Crippen LogP contribution in [0.1, 0.15) is 12.5 Å². The molecular weight excluding hydrogens is 202 g/mol. The molecule has 0 spiro atoms. The van der Waals surface area contributed by atoms with Gasteiger partial charge in [-0.1, -0.05) is 30.3 Å². The summed E-state index contributed by atoms with van der Waals surface area (Å²) in [6.45, 7) is 1.79. The first-order chi connectivity index (χ1) is 7.72. The SMILES string of the molecule is COC1=C(C)C(=O)N[C@H]1Cc1ccccc1. The summed E-state index contributed by atoms with van der Waals surface area (Å²) >= 11 is 0. The van der Waals surface area contributed by atoms with E-state index in [-0.39, 0.29) is 11.9 Å². The third-order valence-corrected chi connectivity index (χ3v) is 2.83. The molecule has 1 aromatic carbocycles. The predicted molar refractivity (Wildman–Crippen MR) is 61.8 cm³/mol. The summed E-state index contributed by atoms with van der Waals surface area (Å²) in [5, 5.41) is 2.92. The summed E-state index contributed by atoms with van der Waals surface area (Å²) in [4.78, 5) is 11.5. The molecular formula is C13H15NO2. The van der Waals surface area contributed by atoms with Crippen molar-refractivity contribution >= 4 is 5.91 Å². The third kappa shape index (κ3) is 1.94. The predicted octanol–water partition coefficient (Wildman–Crippen LogP) is 1.65. The zero-order valence-corrected chi connectivity index (χ0v) is 9.49. The molecule has 3 nitrogen and oxygen atoms in total. The van der Waals surface area contributed by atoms with Gasteiger partial charge in [-0.05, 0) is 18.9 Å². The maximum Gasteiger partial charge on any atom is 0.250 e. The van der Waals surface area contributed by atoms with Gasteiger partial charge in [-0.3, -0.25) is 4.79 Å². The Morgan fingerprint density at radius 2 is 2.00 bits per heavy atom. The fourth-order valence-corrected chi connectivity index (χ4v) is 1.99. The molecule has 1 amide bonds. The Morgan fingerprint density at radius 1 is 1.31 bits per heavy atom. The number of rotatable bonds is 3. The molecule has 16 heavy (non-hydrogen) atoms. The molecule has 0 radical (unpaired) electrons. The third-order valence-electron chi connectivity index (χ3n) is 2.83. The molecule has 1 heterocycles. The van der Waals surface area contributed by atoms with Crippen molar-refractivity contribution in [3.05, 3.63) is 47.2 Å². The second-order valence-electron chi connectivity index (χ2n) is 3.91. The molecule has 3 heteroatoms. The van der Waals surface area contributed by atoms with Gasteiger partial charge in [0.05, 0.1) is 18.7 Å². The van der Waals surface area contributed by atoms with E-state index in [1.54, 1.807) is 14.0 Å². The molecule has 84 valence electrons. The highest BCUT2D eigenvalue weighted by molar-refractivity contribution is 5.96. The molecule has 1 N–H and O–H groups in total. The lowest BCUT2D eigenvalue weighted by atomic mass is 10.1. The quantitative estimate of drug-likeness (QED) is 0.836. The van der Waals surface area contributed by atoms with Crippen molar-refractivity contribution in [2.24, 2.45) is 0 Å². The van der Waals surface area contributed by atoms with Gasteiger partial charge < -0.3 is 10.1 Å². The van der Waals surface area contributed by atoms with Gasteiger partial charge in [-0.25, -0.2) is 0 Å². The average molecular weight is 217 g/mol. The molecule has 0 unspecified atom stereocenters. The lowest BCUT2D eigenvalue weighted by Crippen LogP contribution is -2.31. The van der Waals surface area contributed by atoms with Crippen molar-refractivity contribution < 1.29 is 9.53 Å². The highest BCUT2D eigenvalue weighted by Crippen LogP contribution is 2.20. The maximum absolute atomic E-state index is 11.5. The minimum absolute atomic E-state index is 0.0279. The van der Waals surface area contributed by atoms with Crippen LogP contribution < -0.4 is 5.32 Å². The van der Waals surface area contributed by atoms with Crippen molar-refractivity contribution in [3.8, 4) is 0 Å². The average Bonchev–Trinajstić information content (AvgIpc) is 2.56. The molecule has 1 aromatic rings. The van der Waals surface area contributed by atoms with Crippen LogP contribution in [0.25, 0.3) is 0 Å². The Morgan fingerprint density at radius 3 is 2.62 bits per heavy atom. The second-order valence-corrected chi connectivity index (χ2v) is 3.91. The minimum Gasteiger partial charge on any atom is -0.498 e. The lowest BCUT2D eigenvalue weighted by Gasteiger charge is -2.14. The van der Waals surface area contributed by atoms with Crippen LogP contribution >= 0.6 is 0 Å². The van der Waals surface area contributed by atoms with Crippen LogP contribution in [-0.4, -0.2) is 19.1 Å². The summed E-state index contributed by atoms with van der Waals surface area (Å²) in [7, 11) is 1.61. The number of amides is 1. The van der Waals surface area contributed by atoms with E-state index in [0.717, 1.165) is 12.2 Å². The zero-order chi connectivity index (χ0) is 11.5. The van der Waals surface area contributed by atoms with E-state index >= 15 is 0 Å². The van der Waals surface area contributed by atoms with Crippen LogP contribution in [0.3, 0.4) is 0 Å². The van der Waals surface area contributed by atoms with E-state index in [4.69, 9.17) is 4.74 Å². The summed E-state index contributed by atoms with van der Waals surface area (Å²) in [6.07, 6.45) is 0.771. The number of methoxy groups -OCH3 is 1. The van der Waals surface area contributed by atoms with Crippen LogP contribution in [0.15, 0.2) is 41.7 Å². The second kappa shape index (κ2) is 4.39. The number of hydrogen-bond acceptors (Lipinski definition) is 2. The van der Waals surface area contributed by atoms with Crippen molar-refractivity contribution in [2.75, 3.05) is 7.11 Å². The monoisotopic (exact) mass is 217 g/mol. The topological polar surface area (TPSA) is 38.3 Å². The Labute approximate surface area is 95.1 Å². The maximum atomic E-state index is 11.5. The first kappa shape index (κ1) is 10.7. The Kier molecular flexibility index (Phi) is 2.95. The van der Waals surface area contributed by atoms with Gasteiger partial charge >= 0.3 is 0 Å². The van der Waals surface area contributed by atoms with Gasteiger partial charge in [0.1, 0.15) is 5.76 Å². The van der Waals surface area contributed by atoms with Gasteiger partial charge in [-0.15, -0.1) is 0 Å². The van der Waals surface area contributed by atoms with E-state index in [2.05, 4.69) is 5.32 Å². The van der Waals surface area contributed by atoms with Crippen LogP contribution in [0.5, 0.6) is 0 Å². The highest BCUT2D eigenvalue weighted by atomic mass is 16.5. The van der Waals surface area contributed by atoms with E-state index in [0.29, 0.717) is 5.57 Å². The number of carbonyl (C=O) groups is 1. The molecule has 0 bridgehead atoms. The Bertz CT molecular complexity index is 423. The van der Waals surface area contributed by atoms with Crippen molar-refractivity contribution in [3.63, 3.8) is 0 Å². The highest BCUT2D eigenvalue weighted by Gasteiger charge is 2.29. The van der Waals surface area contributed by atoms with Gasteiger partial charge in [0.25, 0.3) is 5.91 Å². The number of carbonyl (C=O) groups excluding carboxylic acids is 1. The Hall–Kier alpha value is -1.77. The van der Waals surface area contributed by atoms with E-state index in [1.807, 2.05) is 30.3 Å². The van der Waals surface area contributed by atoms with Crippen LogP contribution in [0.4, 0.5) is 0 Å². The summed E-state index contributed by atoms with van der Waals surface area (Å²) in [6, 6.07) is 10.0. The number of ether oxygens (including phenoxy) is 1. The smallest absolute Gasteiger partial charge is 0.250 e. The summed E-state index contributed by atoms with van der Waals surface area (Å²) < 4.78 is 5.27. The molecule has 0 aromatic heterocycles. The van der Waals surface area contributed by atoms with Gasteiger partial charge in [-0.2, -0.15) is 0 Å². The first-order valence-electron chi connectivity index (χ1n) is 5.32. The van der Waals surface area contributed by atoms with Crippen LogP contribution in [-0.2, 0) is 16.0 Å². The number of hydrogen-bond donors (Lipinski definition) is 1. The minimum atomic E-state index is -0.0298. The molecule has 1 aliphatic rings. The lowest BCUT2D eigenvalue weighted by molar-refractivity contribution is -0.117.